The van der Waals surface area contributed by atoms with Crippen LogP contribution < -0.4 is 20.3 Å². The minimum Gasteiger partial charge on any atom is -0.497 e. The van der Waals surface area contributed by atoms with E-state index in [2.05, 4.69) is 20.5 Å². The minimum absolute atomic E-state index is 0.0773. The number of hydrogen-bond acceptors (Lipinski definition) is 5. The third kappa shape index (κ3) is 5.31. The van der Waals surface area contributed by atoms with E-state index in [-0.39, 0.29) is 23.1 Å². The Morgan fingerprint density at radius 3 is 2.26 bits per heavy atom. The highest BCUT2D eigenvalue weighted by atomic mass is 19.2. The maximum atomic E-state index is 14.0. The van der Waals surface area contributed by atoms with Crippen LogP contribution in [0.3, 0.4) is 0 Å². The molecule has 0 unspecified atom stereocenters. The number of benzene rings is 2. The minimum atomic E-state index is -1.18. The van der Waals surface area contributed by atoms with Gasteiger partial charge in [0.2, 0.25) is 5.91 Å². The summed E-state index contributed by atoms with van der Waals surface area (Å²) in [4.78, 5) is 31.9. The molecule has 3 aromatic rings. The van der Waals surface area contributed by atoms with Crippen LogP contribution >= 0.6 is 0 Å². The van der Waals surface area contributed by atoms with Crippen molar-refractivity contribution in [1.29, 1.82) is 0 Å². The maximum absolute atomic E-state index is 14.0. The molecule has 0 aliphatic carbocycles. The first kappa shape index (κ1) is 23.2. The first-order valence-corrected chi connectivity index (χ1v) is 10.8. The number of nitrogens with zero attached hydrogens (tertiary/aromatic N) is 2. The van der Waals surface area contributed by atoms with E-state index >= 15 is 0 Å². The number of piperidine rings is 1. The average molecular weight is 466 g/mol. The number of rotatable bonds is 6. The first-order valence-electron chi connectivity index (χ1n) is 10.8. The molecule has 9 heteroatoms. The molecule has 2 aromatic carbocycles. The molecule has 7 nitrogen and oxygen atoms in total. The second-order valence-electron chi connectivity index (χ2n) is 7.95. The second-order valence-corrected chi connectivity index (χ2v) is 7.95. The summed E-state index contributed by atoms with van der Waals surface area (Å²) in [5.41, 5.74) is 1.23. The van der Waals surface area contributed by atoms with Gasteiger partial charge in [-0.15, -0.1) is 0 Å². The van der Waals surface area contributed by atoms with E-state index in [0.29, 0.717) is 37.4 Å². The summed E-state index contributed by atoms with van der Waals surface area (Å²) in [5.74, 6) is -3.05. The number of ether oxygens (including phenoxy) is 1. The van der Waals surface area contributed by atoms with Gasteiger partial charge < -0.3 is 20.3 Å². The van der Waals surface area contributed by atoms with E-state index in [1.54, 1.807) is 36.7 Å². The topological polar surface area (TPSA) is 83.6 Å². The van der Waals surface area contributed by atoms with Crippen LogP contribution in [0.1, 0.15) is 23.2 Å². The highest BCUT2D eigenvalue weighted by molar-refractivity contribution is 6.10. The molecule has 2 N–H and O–H groups in total. The highest BCUT2D eigenvalue weighted by Crippen LogP contribution is 2.27. The van der Waals surface area contributed by atoms with Gasteiger partial charge >= 0.3 is 0 Å². The van der Waals surface area contributed by atoms with Gasteiger partial charge in [-0.3, -0.25) is 14.6 Å². The van der Waals surface area contributed by atoms with Crippen LogP contribution in [-0.4, -0.2) is 37.0 Å². The summed E-state index contributed by atoms with van der Waals surface area (Å²) in [5, 5.41) is 5.26. The van der Waals surface area contributed by atoms with Crippen molar-refractivity contribution in [2.45, 2.75) is 12.8 Å². The molecule has 0 atom stereocenters. The summed E-state index contributed by atoms with van der Waals surface area (Å²) in [6.45, 7) is 1.34. The highest BCUT2D eigenvalue weighted by Gasteiger charge is 2.27. The molecule has 0 spiro atoms. The third-order valence-corrected chi connectivity index (χ3v) is 5.80. The molecule has 0 radical (unpaired) electrons. The van der Waals surface area contributed by atoms with E-state index in [1.165, 1.54) is 7.11 Å². The van der Waals surface area contributed by atoms with Crippen LogP contribution in [0.15, 0.2) is 60.9 Å². The van der Waals surface area contributed by atoms with Crippen LogP contribution in [0.25, 0.3) is 0 Å². The molecule has 4 rings (SSSR count). The summed E-state index contributed by atoms with van der Waals surface area (Å²) >= 11 is 0. The molecular weight excluding hydrogens is 442 g/mol. The van der Waals surface area contributed by atoms with Crippen LogP contribution in [0.4, 0.5) is 25.8 Å². The van der Waals surface area contributed by atoms with Gasteiger partial charge in [-0.25, -0.2) is 8.78 Å². The van der Waals surface area contributed by atoms with Crippen molar-refractivity contribution < 1.29 is 23.1 Å². The summed E-state index contributed by atoms with van der Waals surface area (Å²) < 4.78 is 33.0. The van der Waals surface area contributed by atoms with Gasteiger partial charge in [0, 0.05) is 48.8 Å². The molecule has 2 amide bonds. The zero-order chi connectivity index (χ0) is 24.1. The lowest BCUT2D eigenvalue weighted by atomic mass is 9.95. The van der Waals surface area contributed by atoms with Crippen molar-refractivity contribution in [2.24, 2.45) is 5.92 Å². The monoisotopic (exact) mass is 466 g/mol. The molecular formula is C25H24F2N4O3. The Bertz CT molecular complexity index is 1160. The van der Waals surface area contributed by atoms with Crippen molar-refractivity contribution in [3.8, 4) is 5.75 Å². The molecule has 176 valence electrons. The number of anilines is 3. The van der Waals surface area contributed by atoms with Gasteiger partial charge in [0.25, 0.3) is 5.91 Å². The number of hydrogen-bond donors (Lipinski definition) is 2. The van der Waals surface area contributed by atoms with Crippen molar-refractivity contribution in [1.82, 2.24) is 4.98 Å². The molecule has 0 saturated carbocycles. The lowest BCUT2D eigenvalue weighted by Gasteiger charge is -2.33. The Balaban J connectivity index is 1.45. The quantitative estimate of drug-likeness (QED) is 0.560. The standard InChI is InChI=1S/C25H24F2N4O3/c1-34-19-4-2-17(3-5-19)29-25(33)20-14-21(26)22(27)15-23(20)30-24(32)16-8-12-31(13-9-16)18-6-10-28-11-7-18/h2-7,10-11,14-16H,8-9,12-13H2,1H3,(H,29,33)(H,30,32). The molecule has 1 aliphatic heterocycles. The predicted molar refractivity (Wildman–Crippen MR) is 125 cm³/mol. The van der Waals surface area contributed by atoms with Gasteiger partial charge in [0.15, 0.2) is 11.6 Å². The van der Waals surface area contributed by atoms with Crippen molar-refractivity contribution in [2.75, 3.05) is 35.7 Å². The summed E-state index contributed by atoms with van der Waals surface area (Å²) in [6.07, 6.45) is 4.61. The summed E-state index contributed by atoms with van der Waals surface area (Å²) in [7, 11) is 1.52. The number of carbonyl (C=O) groups is 2. The zero-order valence-corrected chi connectivity index (χ0v) is 18.6. The van der Waals surface area contributed by atoms with E-state index in [9.17, 15) is 18.4 Å². The Kier molecular flexibility index (Phi) is 7.01. The molecule has 0 bridgehead atoms. The van der Waals surface area contributed by atoms with Crippen LogP contribution in [0.5, 0.6) is 5.75 Å². The predicted octanol–water partition coefficient (Wildman–Crippen LogP) is 4.48. The number of halogens is 2. The van der Waals surface area contributed by atoms with Crippen LogP contribution in [-0.2, 0) is 4.79 Å². The third-order valence-electron chi connectivity index (χ3n) is 5.80. The van der Waals surface area contributed by atoms with Crippen molar-refractivity contribution in [3.05, 3.63) is 78.1 Å². The molecule has 1 saturated heterocycles. The molecule has 34 heavy (non-hydrogen) atoms. The fraction of sp³-hybridized carbons (Fsp3) is 0.240. The lowest BCUT2D eigenvalue weighted by molar-refractivity contribution is -0.120. The van der Waals surface area contributed by atoms with Gasteiger partial charge in [0.1, 0.15) is 5.75 Å². The van der Waals surface area contributed by atoms with Crippen molar-refractivity contribution >= 4 is 28.9 Å². The van der Waals surface area contributed by atoms with Crippen LogP contribution in [0.2, 0.25) is 0 Å². The van der Waals surface area contributed by atoms with Gasteiger partial charge in [-0.2, -0.15) is 0 Å². The molecule has 1 aliphatic rings. The Morgan fingerprint density at radius 2 is 1.62 bits per heavy atom. The van der Waals surface area contributed by atoms with Gasteiger partial charge in [-0.05, 0) is 55.3 Å². The Hall–Kier alpha value is -4.01. The van der Waals surface area contributed by atoms with E-state index < -0.39 is 17.5 Å². The lowest BCUT2D eigenvalue weighted by Crippen LogP contribution is -2.38. The number of methoxy groups -OCH3 is 1. The number of pyridine rings is 1. The van der Waals surface area contributed by atoms with E-state index in [0.717, 1.165) is 17.8 Å². The fourth-order valence-corrected chi connectivity index (χ4v) is 3.90. The van der Waals surface area contributed by atoms with Crippen molar-refractivity contribution in [3.63, 3.8) is 0 Å². The summed E-state index contributed by atoms with van der Waals surface area (Å²) in [6, 6.07) is 12.0. The van der Waals surface area contributed by atoms with Gasteiger partial charge in [0.05, 0.1) is 18.4 Å². The zero-order valence-electron chi connectivity index (χ0n) is 18.6. The number of amides is 2. The average Bonchev–Trinajstić information content (AvgIpc) is 2.87. The number of nitrogens with one attached hydrogen (secondary N) is 2. The number of carbonyl (C=O) groups excluding carboxylic acids is 2. The normalized spacial score (nSPS) is 13.9. The van der Waals surface area contributed by atoms with Gasteiger partial charge in [-0.1, -0.05) is 0 Å². The second kappa shape index (κ2) is 10.3. The Labute approximate surface area is 195 Å². The Morgan fingerprint density at radius 1 is 0.971 bits per heavy atom. The van der Waals surface area contributed by atoms with E-state index in [1.807, 2.05) is 12.1 Å². The fourth-order valence-electron chi connectivity index (χ4n) is 3.90. The largest absolute Gasteiger partial charge is 0.497 e. The van der Waals surface area contributed by atoms with E-state index in [4.69, 9.17) is 4.74 Å². The molecule has 1 aromatic heterocycles. The molecule has 2 heterocycles. The SMILES string of the molecule is COc1ccc(NC(=O)c2cc(F)c(F)cc2NC(=O)C2CCN(c3ccncc3)CC2)cc1. The first-order chi connectivity index (χ1) is 16.4. The smallest absolute Gasteiger partial charge is 0.257 e. The molecule has 1 fully saturated rings. The van der Waals surface area contributed by atoms with Crippen LogP contribution in [0, 0.1) is 17.6 Å². The maximum Gasteiger partial charge on any atom is 0.257 e. The number of aromatic nitrogens is 1.